The molecule has 2 amide bonds. The summed E-state index contributed by atoms with van der Waals surface area (Å²) in [5.74, 6) is 2.22. The van der Waals surface area contributed by atoms with E-state index in [2.05, 4.69) is 5.32 Å². The Hall–Kier alpha value is -0.970. The van der Waals surface area contributed by atoms with Gasteiger partial charge in [-0.3, -0.25) is 14.5 Å². The number of rotatable bonds is 2. The van der Waals surface area contributed by atoms with Gasteiger partial charge in [-0.2, -0.15) is 0 Å². The Bertz CT molecular complexity index is 447. The fourth-order valence-electron chi connectivity index (χ4n) is 5.56. The minimum absolute atomic E-state index is 0.0491. The molecule has 0 radical (unpaired) electrons. The molecule has 1 aliphatic heterocycles. The molecule has 1 saturated heterocycles. The van der Waals surface area contributed by atoms with Gasteiger partial charge in [0.1, 0.15) is 6.42 Å². The third kappa shape index (κ3) is 1.98. The Labute approximate surface area is 124 Å². The molecule has 4 saturated carbocycles. The first-order chi connectivity index (χ1) is 9.53. The van der Waals surface area contributed by atoms with Gasteiger partial charge in [0.15, 0.2) is 5.11 Å². The van der Waals surface area contributed by atoms with Crippen LogP contribution in [0.25, 0.3) is 0 Å². The van der Waals surface area contributed by atoms with Crippen molar-refractivity contribution >= 4 is 29.1 Å². The summed E-state index contributed by atoms with van der Waals surface area (Å²) in [5, 5.41) is 2.96. The molecular weight excluding hydrogens is 272 g/mol. The van der Waals surface area contributed by atoms with Crippen LogP contribution in [0.2, 0.25) is 0 Å². The zero-order valence-electron chi connectivity index (χ0n) is 11.6. The van der Waals surface area contributed by atoms with E-state index in [9.17, 15) is 9.59 Å². The van der Waals surface area contributed by atoms with E-state index in [-0.39, 0.29) is 23.7 Å². The first kappa shape index (κ1) is 12.7. The number of carbonyl (C=O) groups excluding carboxylic acids is 2. The molecule has 0 aromatic heterocycles. The summed E-state index contributed by atoms with van der Waals surface area (Å²) in [6, 6.07) is 0. The van der Waals surface area contributed by atoms with Crippen molar-refractivity contribution in [2.24, 2.45) is 23.2 Å². The van der Waals surface area contributed by atoms with Gasteiger partial charge in [0.25, 0.3) is 0 Å². The number of amides is 2. The van der Waals surface area contributed by atoms with Crippen LogP contribution in [0.4, 0.5) is 0 Å². The van der Waals surface area contributed by atoms with Crippen LogP contribution >= 0.6 is 12.2 Å². The Balaban J connectivity index is 1.55. The number of hydrogen-bond acceptors (Lipinski definition) is 3. The van der Waals surface area contributed by atoms with Crippen molar-refractivity contribution in [1.29, 1.82) is 0 Å². The molecule has 108 valence electrons. The van der Waals surface area contributed by atoms with Crippen molar-refractivity contribution < 1.29 is 9.59 Å². The Morgan fingerprint density at radius 2 is 1.65 bits per heavy atom. The number of hydrogen-bond donors (Lipinski definition) is 1. The van der Waals surface area contributed by atoms with Crippen LogP contribution in [0.1, 0.15) is 44.9 Å². The minimum Gasteiger partial charge on any atom is -0.302 e. The van der Waals surface area contributed by atoms with E-state index in [1.165, 1.54) is 38.5 Å². The van der Waals surface area contributed by atoms with Crippen molar-refractivity contribution in [3.05, 3.63) is 0 Å². The second-order valence-electron chi connectivity index (χ2n) is 7.43. The Morgan fingerprint density at radius 3 is 2.15 bits per heavy atom. The molecule has 5 rings (SSSR count). The molecule has 4 aliphatic carbocycles. The molecule has 20 heavy (non-hydrogen) atoms. The molecule has 5 heteroatoms. The standard InChI is InChI=1S/C15H20N2O2S/c18-12-4-13(19)17(14(20)16-12)8-15-5-9-1-10(6-15)3-11(2-9)7-15/h9-11H,1-8H2,(H,16,18,20). The lowest BCUT2D eigenvalue weighted by Gasteiger charge is -2.57. The monoisotopic (exact) mass is 292 g/mol. The molecule has 0 atom stereocenters. The van der Waals surface area contributed by atoms with E-state index in [0.29, 0.717) is 5.11 Å². The SMILES string of the molecule is O=C1CC(=O)N(CC23CC4CC(CC(C4)C2)C3)C(=S)N1. The van der Waals surface area contributed by atoms with Crippen LogP contribution in [0.15, 0.2) is 0 Å². The molecular formula is C15H20N2O2S. The summed E-state index contributed by atoms with van der Waals surface area (Å²) in [7, 11) is 0. The van der Waals surface area contributed by atoms with Crippen LogP contribution in [0.3, 0.4) is 0 Å². The molecule has 4 bridgehead atoms. The second kappa shape index (κ2) is 4.26. The summed E-state index contributed by atoms with van der Waals surface area (Å²) in [6.45, 7) is 0.731. The predicted molar refractivity (Wildman–Crippen MR) is 77.7 cm³/mol. The molecule has 1 heterocycles. The normalized spacial score (nSPS) is 43.1. The van der Waals surface area contributed by atoms with Crippen molar-refractivity contribution in [3.8, 4) is 0 Å². The quantitative estimate of drug-likeness (QED) is 0.624. The van der Waals surface area contributed by atoms with Crippen molar-refractivity contribution in [1.82, 2.24) is 10.2 Å². The molecule has 1 N–H and O–H groups in total. The lowest BCUT2D eigenvalue weighted by atomic mass is 9.49. The van der Waals surface area contributed by atoms with E-state index in [1.807, 2.05) is 0 Å². The summed E-state index contributed by atoms with van der Waals surface area (Å²) in [4.78, 5) is 25.1. The fraction of sp³-hybridized carbons (Fsp3) is 0.800. The highest BCUT2D eigenvalue weighted by molar-refractivity contribution is 7.80. The number of carbonyl (C=O) groups is 2. The largest absolute Gasteiger partial charge is 0.302 e. The highest BCUT2D eigenvalue weighted by atomic mass is 32.1. The summed E-state index contributed by atoms with van der Waals surface area (Å²) in [5.41, 5.74) is 0.274. The van der Waals surface area contributed by atoms with Gasteiger partial charge >= 0.3 is 0 Å². The van der Waals surface area contributed by atoms with Crippen molar-refractivity contribution in [3.63, 3.8) is 0 Å². The van der Waals surface area contributed by atoms with Crippen LogP contribution in [0, 0.1) is 23.2 Å². The average Bonchev–Trinajstić information content (AvgIpc) is 2.32. The first-order valence-electron chi connectivity index (χ1n) is 7.67. The highest BCUT2D eigenvalue weighted by Crippen LogP contribution is 2.60. The molecule has 0 spiro atoms. The highest BCUT2D eigenvalue weighted by Gasteiger charge is 2.52. The zero-order chi connectivity index (χ0) is 13.9. The van der Waals surface area contributed by atoms with E-state index in [1.54, 1.807) is 4.90 Å². The second-order valence-corrected chi connectivity index (χ2v) is 7.81. The van der Waals surface area contributed by atoms with Crippen LogP contribution in [-0.4, -0.2) is 28.4 Å². The minimum atomic E-state index is -0.262. The number of nitrogens with one attached hydrogen (secondary N) is 1. The van der Waals surface area contributed by atoms with Crippen LogP contribution in [-0.2, 0) is 9.59 Å². The topological polar surface area (TPSA) is 49.4 Å². The van der Waals surface area contributed by atoms with Crippen LogP contribution in [0.5, 0.6) is 0 Å². The maximum Gasteiger partial charge on any atom is 0.238 e. The van der Waals surface area contributed by atoms with Gasteiger partial charge in [0.05, 0.1) is 0 Å². The van der Waals surface area contributed by atoms with Gasteiger partial charge in [0.2, 0.25) is 11.8 Å². The number of thiocarbonyl (C=S) groups is 1. The average molecular weight is 292 g/mol. The lowest BCUT2D eigenvalue weighted by molar-refractivity contribution is -0.138. The zero-order valence-corrected chi connectivity index (χ0v) is 12.4. The van der Waals surface area contributed by atoms with Gasteiger partial charge in [-0.15, -0.1) is 0 Å². The third-order valence-corrected chi connectivity index (χ3v) is 6.09. The van der Waals surface area contributed by atoms with Crippen molar-refractivity contribution in [2.45, 2.75) is 44.9 Å². The predicted octanol–water partition coefficient (Wildman–Crippen LogP) is 1.84. The molecule has 0 aromatic rings. The Morgan fingerprint density at radius 1 is 1.10 bits per heavy atom. The van der Waals surface area contributed by atoms with Crippen LogP contribution < -0.4 is 5.32 Å². The van der Waals surface area contributed by atoms with Gasteiger partial charge in [-0.25, -0.2) is 0 Å². The smallest absolute Gasteiger partial charge is 0.238 e. The molecule has 5 aliphatic rings. The van der Waals surface area contributed by atoms with Gasteiger partial charge in [-0.05, 0) is 73.9 Å². The molecule has 0 aromatic carbocycles. The van der Waals surface area contributed by atoms with E-state index >= 15 is 0 Å². The maximum atomic E-state index is 12.1. The summed E-state index contributed by atoms with van der Waals surface area (Å²) in [6.07, 6.45) is 7.89. The molecule has 0 unspecified atom stereocenters. The first-order valence-corrected chi connectivity index (χ1v) is 8.08. The van der Waals surface area contributed by atoms with Gasteiger partial charge in [0, 0.05) is 6.54 Å². The third-order valence-electron chi connectivity index (χ3n) is 5.76. The van der Waals surface area contributed by atoms with Crippen molar-refractivity contribution in [2.75, 3.05) is 6.54 Å². The van der Waals surface area contributed by atoms with Gasteiger partial charge < -0.3 is 5.32 Å². The fourth-order valence-corrected chi connectivity index (χ4v) is 5.84. The Kier molecular flexibility index (Phi) is 2.72. The molecule has 4 nitrogen and oxygen atoms in total. The van der Waals surface area contributed by atoms with Gasteiger partial charge in [-0.1, -0.05) is 0 Å². The molecule has 5 fully saturated rings. The summed E-state index contributed by atoms with van der Waals surface area (Å²) >= 11 is 5.21. The lowest BCUT2D eigenvalue weighted by Crippen LogP contribution is -2.58. The maximum absolute atomic E-state index is 12.1. The van der Waals surface area contributed by atoms with E-state index in [4.69, 9.17) is 12.2 Å². The van der Waals surface area contributed by atoms with E-state index < -0.39 is 0 Å². The van der Waals surface area contributed by atoms with E-state index in [0.717, 1.165) is 24.3 Å². The summed E-state index contributed by atoms with van der Waals surface area (Å²) < 4.78 is 0. The number of nitrogens with zero attached hydrogens (tertiary/aromatic N) is 1.